The van der Waals surface area contributed by atoms with Crippen molar-refractivity contribution in [3.8, 4) is 0 Å². The largest absolute Gasteiger partial charge is 0.478 e. The first-order chi connectivity index (χ1) is 11.4. The Morgan fingerprint density at radius 2 is 1.75 bits per heavy atom. The van der Waals surface area contributed by atoms with Gasteiger partial charge in [0.25, 0.3) is 0 Å². The van der Waals surface area contributed by atoms with E-state index in [9.17, 15) is 14.7 Å². The first kappa shape index (κ1) is 17.3. The molecule has 24 heavy (non-hydrogen) atoms. The van der Waals surface area contributed by atoms with Gasteiger partial charge >= 0.3 is 12.0 Å². The van der Waals surface area contributed by atoms with E-state index in [0.717, 1.165) is 11.3 Å². The van der Waals surface area contributed by atoms with E-state index in [1.165, 1.54) is 6.07 Å². The van der Waals surface area contributed by atoms with Crippen LogP contribution in [0.15, 0.2) is 42.5 Å². The van der Waals surface area contributed by atoms with Gasteiger partial charge in [0.15, 0.2) is 0 Å². The summed E-state index contributed by atoms with van der Waals surface area (Å²) in [5.74, 6) is -1.08. The lowest BCUT2D eigenvalue weighted by atomic mass is 10.1. The summed E-state index contributed by atoms with van der Waals surface area (Å²) in [4.78, 5) is 25.3. The molecular weight excluding hydrogens is 306 g/mol. The molecule has 6 nitrogen and oxygen atoms in total. The Labute approximate surface area is 141 Å². The average molecular weight is 327 g/mol. The summed E-state index contributed by atoms with van der Waals surface area (Å²) in [6.07, 6.45) is 0. The third-order valence-electron chi connectivity index (χ3n) is 3.65. The van der Waals surface area contributed by atoms with Gasteiger partial charge in [-0.3, -0.25) is 0 Å². The van der Waals surface area contributed by atoms with Gasteiger partial charge < -0.3 is 20.6 Å². The Kier molecular flexibility index (Phi) is 5.42. The second-order valence-corrected chi connectivity index (χ2v) is 5.67. The first-order valence-electron chi connectivity index (χ1n) is 7.52. The van der Waals surface area contributed by atoms with Crippen molar-refractivity contribution in [3.63, 3.8) is 0 Å². The summed E-state index contributed by atoms with van der Waals surface area (Å²) in [6, 6.07) is 12.2. The van der Waals surface area contributed by atoms with Crippen molar-refractivity contribution in [1.82, 2.24) is 5.32 Å². The quantitative estimate of drug-likeness (QED) is 0.788. The zero-order valence-electron chi connectivity index (χ0n) is 14.0. The second-order valence-electron chi connectivity index (χ2n) is 5.67. The fraction of sp³-hybridized carbons (Fsp3) is 0.222. The summed E-state index contributed by atoms with van der Waals surface area (Å²) in [7, 11) is 3.92. The Balaban J connectivity index is 2.00. The molecule has 0 heterocycles. The Bertz CT molecular complexity index is 740. The van der Waals surface area contributed by atoms with E-state index in [1.54, 1.807) is 19.1 Å². The number of hydrogen-bond donors (Lipinski definition) is 3. The van der Waals surface area contributed by atoms with E-state index in [0.29, 0.717) is 17.8 Å². The van der Waals surface area contributed by atoms with Gasteiger partial charge in [-0.15, -0.1) is 0 Å². The van der Waals surface area contributed by atoms with E-state index >= 15 is 0 Å². The lowest BCUT2D eigenvalue weighted by Crippen LogP contribution is -2.29. The van der Waals surface area contributed by atoms with Crippen LogP contribution in [-0.2, 0) is 6.54 Å². The van der Waals surface area contributed by atoms with Gasteiger partial charge in [0.05, 0.1) is 11.3 Å². The highest BCUT2D eigenvalue weighted by atomic mass is 16.4. The van der Waals surface area contributed by atoms with E-state index < -0.39 is 12.0 Å². The molecule has 0 aromatic heterocycles. The predicted octanol–water partition coefficient (Wildman–Crippen LogP) is 3.08. The molecule has 0 unspecified atom stereocenters. The molecule has 0 radical (unpaired) electrons. The zero-order chi connectivity index (χ0) is 17.7. The minimum atomic E-state index is -1.08. The number of aryl methyl sites for hydroxylation is 1. The van der Waals surface area contributed by atoms with E-state index in [-0.39, 0.29) is 5.56 Å². The standard InChI is InChI=1S/C18H21N3O3/c1-12-5-4-6-15(17(22)23)16(12)20-18(24)19-11-13-7-9-14(10-8-13)21(2)3/h4-10H,11H2,1-3H3,(H,22,23)(H2,19,20,24). The average Bonchev–Trinajstić information content (AvgIpc) is 2.55. The SMILES string of the molecule is Cc1cccc(C(=O)O)c1NC(=O)NCc1ccc(N(C)C)cc1. The zero-order valence-corrected chi connectivity index (χ0v) is 14.0. The molecular formula is C18H21N3O3. The molecule has 2 amide bonds. The minimum Gasteiger partial charge on any atom is -0.478 e. The molecule has 0 bridgehead atoms. The maximum absolute atomic E-state index is 12.1. The third kappa shape index (κ3) is 4.25. The fourth-order valence-electron chi connectivity index (χ4n) is 2.26. The molecule has 0 spiro atoms. The van der Waals surface area contributed by atoms with E-state index in [2.05, 4.69) is 10.6 Å². The van der Waals surface area contributed by atoms with E-state index in [1.807, 2.05) is 43.3 Å². The molecule has 0 fully saturated rings. The van der Waals surface area contributed by atoms with Gasteiger partial charge in [0, 0.05) is 26.3 Å². The molecule has 3 N–H and O–H groups in total. The molecule has 0 atom stereocenters. The number of carbonyl (C=O) groups excluding carboxylic acids is 1. The van der Waals surface area contributed by atoms with Crippen LogP contribution in [0.25, 0.3) is 0 Å². The van der Waals surface area contributed by atoms with Crippen molar-refractivity contribution in [2.75, 3.05) is 24.3 Å². The predicted molar refractivity (Wildman–Crippen MR) is 94.8 cm³/mol. The van der Waals surface area contributed by atoms with Crippen LogP contribution in [0.5, 0.6) is 0 Å². The van der Waals surface area contributed by atoms with Crippen LogP contribution in [-0.4, -0.2) is 31.2 Å². The maximum Gasteiger partial charge on any atom is 0.337 e. The monoisotopic (exact) mass is 327 g/mol. The fourth-order valence-corrected chi connectivity index (χ4v) is 2.26. The Hall–Kier alpha value is -3.02. The number of carboxylic acids is 1. The molecule has 6 heteroatoms. The van der Waals surface area contributed by atoms with Crippen molar-refractivity contribution < 1.29 is 14.7 Å². The highest BCUT2D eigenvalue weighted by molar-refractivity contribution is 6.00. The van der Waals surface area contributed by atoms with Crippen molar-refractivity contribution in [1.29, 1.82) is 0 Å². The summed E-state index contributed by atoms with van der Waals surface area (Å²) < 4.78 is 0. The van der Waals surface area contributed by atoms with E-state index in [4.69, 9.17) is 0 Å². The number of rotatable bonds is 5. The first-order valence-corrected chi connectivity index (χ1v) is 7.52. The summed E-state index contributed by atoms with van der Waals surface area (Å²) >= 11 is 0. The number of nitrogens with one attached hydrogen (secondary N) is 2. The van der Waals surface area contributed by atoms with Crippen molar-refractivity contribution in [2.24, 2.45) is 0 Å². The topological polar surface area (TPSA) is 81.7 Å². The number of hydrogen-bond acceptors (Lipinski definition) is 3. The van der Waals surface area contributed by atoms with Gasteiger partial charge in [-0.05, 0) is 36.2 Å². The Morgan fingerprint density at radius 1 is 1.08 bits per heavy atom. The highest BCUT2D eigenvalue weighted by Crippen LogP contribution is 2.20. The lowest BCUT2D eigenvalue weighted by Gasteiger charge is -2.14. The van der Waals surface area contributed by atoms with Crippen LogP contribution >= 0.6 is 0 Å². The van der Waals surface area contributed by atoms with Gasteiger partial charge in [-0.25, -0.2) is 9.59 Å². The second kappa shape index (κ2) is 7.50. The molecule has 0 saturated heterocycles. The number of aromatic carboxylic acids is 1. The molecule has 126 valence electrons. The van der Waals surface area contributed by atoms with Crippen molar-refractivity contribution in [3.05, 3.63) is 59.2 Å². The molecule has 0 aliphatic rings. The number of para-hydroxylation sites is 1. The molecule has 2 aromatic rings. The Morgan fingerprint density at radius 3 is 2.33 bits per heavy atom. The van der Waals surface area contributed by atoms with Gasteiger partial charge in [-0.2, -0.15) is 0 Å². The molecule has 0 aliphatic carbocycles. The van der Waals surface area contributed by atoms with Crippen molar-refractivity contribution in [2.45, 2.75) is 13.5 Å². The summed E-state index contributed by atoms with van der Waals surface area (Å²) in [5, 5.41) is 14.6. The number of nitrogens with zero attached hydrogens (tertiary/aromatic N) is 1. The molecule has 0 saturated carbocycles. The van der Waals surface area contributed by atoms with Gasteiger partial charge in [-0.1, -0.05) is 24.3 Å². The minimum absolute atomic E-state index is 0.0699. The number of amides is 2. The van der Waals surface area contributed by atoms with Gasteiger partial charge in [0.2, 0.25) is 0 Å². The van der Waals surface area contributed by atoms with Crippen LogP contribution in [0.3, 0.4) is 0 Å². The van der Waals surface area contributed by atoms with Crippen LogP contribution in [0.2, 0.25) is 0 Å². The normalized spacial score (nSPS) is 10.1. The van der Waals surface area contributed by atoms with Crippen LogP contribution in [0.4, 0.5) is 16.2 Å². The van der Waals surface area contributed by atoms with Gasteiger partial charge in [0.1, 0.15) is 0 Å². The number of benzene rings is 2. The lowest BCUT2D eigenvalue weighted by molar-refractivity contribution is 0.0698. The summed E-state index contributed by atoms with van der Waals surface area (Å²) in [5.41, 5.74) is 3.11. The molecule has 2 rings (SSSR count). The summed E-state index contributed by atoms with van der Waals surface area (Å²) in [6.45, 7) is 2.11. The number of carbonyl (C=O) groups is 2. The van der Waals surface area contributed by atoms with Crippen LogP contribution < -0.4 is 15.5 Å². The maximum atomic E-state index is 12.1. The van der Waals surface area contributed by atoms with Crippen LogP contribution in [0, 0.1) is 6.92 Å². The number of carboxylic acid groups (broad SMARTS) is 1. The highest BCUT2D eigenvalue weighted by Gasteiger charge is 2.14. The molecule has 0 aliphatic heterocycles. The third-order valence-corrected chi connectivity index (χ3v) is 3.65. The number of anilines is 2. The van der Waals surface area contributed by atoms with Crippen LogP contribution in [0.1, 0.15) is 21.5 Å². The smallest absolute Gasteiger partial charge is 0.337 e. The number of urea groups is 1. The molecule has 2 aromatic carbocycles. The van der Waals surface area contributed by atoms with Crippen molar-refractivity contribution >= 4 is 23.4 Å².